The highest BCUT2D eigenvalue weighted by atomic mass is 32.2. The Bertz CT molecular complexity index is 766. The standard InChI is InChI=1S/C12H14F3N3O2S/c1-21(19,20)9-5-2-4-8-10(9)17-11(16)18(8)7-3-6-12(13,14)15/h2,4-5H,3,6-7H2,1H3,(H2,16,17). The first-order valence-corrected chi connectivity index (χ1v) is 8.00. The predicted molar refractivity (Wildman–Crippen MR) is 72.5 cm³/mol. The van der Waals surface area contributed by atoms with Crippen LogP contribution in [0.2, 0.25) is 0 Å². The summed E-state index contributed by atoms with van der Waals surface area (Å²) < 4.78 is 61.3. The first-order chi connectivity index (χ1) is 9.59. The molecule has 2 N–H and O–H groups in total. The van der Waals surface area contributed by atoms with E-state index in [4.69, 9.17) is 5.73 Å². The van der Waals surface area contributed by atoms with Crippen LogP contribution in [0.25, 0.3) is 11.0 Å². The van der Waals surface area contributed by atoms with Crippen LogP contribution < -0.4 is 5.73 Å². The van der Waals surface area contributed by atoms with Crippen LogP contribution in [-0.2, 0) is 16.4 Å². The van der Waals surface area contributed by atoms with Crippen LogP contribution in [0, 0.1) is 0 Å². The number of nitrogens with zero attached hydrogens (tertiary/aromatic N) is 2. The summed E-state index contributed by atoms with van der Waals surface area (Å²) in [4.78, 5) is 3.99. The summed E-state index contributed by atoms with van der Waals surface area (Å²) in [5.41, 5.74) is 6.29. The number of sulfone groups is 1. The summed E-state index contributed by atoms with van der Waals surface area (Å²) in [6, 6.07) is 4.49. The third-order valence-corrected chi connectivity index (χ3v) is 4.14. The molecule has 0 saturated carbocycles. The zero-order valence-corrected chi connectivity index (χ0v) is 12.0. The third kappa shape index (κ3) is 3.46. The van der Waals surface area contributed by atoms with Crippen molar-refractivity contribution in [2.45, 2.75) is 30.5 Å². The van der Waals surface area contributed by atoms with Gasteiger partial charge in [0.15, 0.2) is 9.84 Å². The Kier molecular flexibility index (Phi) is 3.87. The molecule has 2 rings (SSSR count). The Balaban J connectivity index is 2.40. The van der Waals surface area contributed by atoms with Crippen molar-refractivity contribution in [3.05, 3.63) is 18.2 Å². The Hall–Kier alpha value is -1.77. The number of alkyl halides is 3. The minimum Gasteiger partial charge on any atom is -0.369 e. The normalized spacial score (nSPS) is 13.0. The van der Waals surface area contributed by atoms with E-state index in [1.807, 2.05) is 0 Å². The minimum absolute atomic E-state index is 0.00303. The molecule has 21 heavy (non-hydrogen) atoms. The van der Waals surface area contributed by atoms with E-state index >= 15 is 0 Å². The molecule has 9 heteroatoms. The molecule has 116 valence electrons. The second-order valence-corrected chi connectivity index (χ2v) is 6.72. The highest BCUT2D eigenvalue weighted by molar-refractivity contribution is 7.91. The molecule has 1 aromatic carbocycles. The number of aryl methyl sites for hydroxylation is 1. The molecule has 0 spiro atoms. The van der Waals surface area contributed by atoms with E-state index in [1.165, 1.54) is 16.7 Å². The molecule has 0 unspecified atom stereocenters. The lowest BCUT2D eigenvalue weighted by molar-refractivity contribution is -0.135. The third-order valence-electron chi connectivity index (χ3n) is 3.01. The number of nitrogen functional groups attached to an aromatic ring is 1. The molecule has 2 aromatic rings. The predicted octanol–water partition coefficient (Wildman–Crippen LogP) is 2.36. The molecule has 1 heterocycles. The molecule has 0 atom stereocenters. The topological polar surface area (TPSA) is 78.0 Å². The van der Waals surface area contributed by atoms with Crippen molar-refractivity contribution in [3.8, 4) is 0 Å². The number of para-hydroxylation sites is 1. The number of fused-ring (bicyclic) bond motifs is 1. The van der Waals surface area contributed by atoms with Crippen LogP contribution in [-0.4, -0.2) is 30.4 Å². The van der Waals surface area contributed by atoms with Gasteiger partial charge >= 0.3 is 6.18 Å². The SMILES string of the molecule is CS(=O)(=O)c1cccc2c1nc(N)n2CCCC(F)(F)F. The van der Waals surface area contributed by atoms with Gasteiger partial charge in [-0.3, -0.25) is 0 Å². The molecule has 0 saturated heterocycles. The zero-order valence-electron chi connectivity index (χ0n) is 11.2. The molecule has 0 aliphatic rings. The van der Waals surface area contributed by atoms with Gasteiger partial charge in [0.2, 0.25) is 5.95 Å². The van der Waals surface area contributed by atoms with Gasteiger partial charge in [-0.2, -0.15) is 13.2 Å². The second kappa shape index (κ2) is 5.21. The number of imidazole rings is 1. The lowest BCUT2D eigenvalue weighted by Crippen LogP contribution is -2.10. The minimum atomic E-state index is -4.23. The number of aromatic nitrogens is 2. The average Bonchev–Trinajstić information content (AvgIpc) is 2.63. The van der Waals surface area contributed by atoms with Crippen LogP contribution in [0.3, 0.4) is 0 Å². The van der Waals surface area contributed by atoms with Crippen LogP contribution >= 0.6 is 0 Å². The summed E-state index contributed by atoms with van der Waals surface area (Å²) in [7, 11) is -3.49. The molecule has 1 aromatic heterocycles. The van der Waals surface area contributed by atoms with Crippen molar-refractivity contribution >= 4 is 26.8 Å². The molecule has 0 aliphatic carbocycles. The van der Waals surface area contributed by atoms with Crippen molar-refractivity contribution in [3.63, 3.8) is 0 Å². The Morgan fingerprint density at radius 3 is 2.57 bits per heavy atom. The maximum absolute atomic E-state index is 12.2. The second-order valence-electron chi connectivity index (χ2n) is 4.74. The van der Waals surface area contributed by atoms with Crippen molar-refractivity contribution < 1.29 is 21.6 Å². The molecule has 0 fully saturated rings. The number of hydrogen-bond donors (Lipinski definition) is 1. The summed E-state index contributed by atoms with van der Waals surface area (Å²) in [5, 5.41) is 0. The van der Waals surface area contributed by atoms with Gasteiger partial charge in [0, 0.05) is 19.2 Å². The molecule has 0 radical (unpaired) electrons. The fraction of sp³-hybridized carbons (Fsp3) is 0.417. The fourth-order valence-corrected chi connectivity index (χ4v) is 2.94. The molecule has 0 bridgehead atoms. The van der Waals surface area contributed by atoms with Gasteiger partial charge in [-0.05, 0) is 18.6 Å². The van der Waals surface area contributed by atoms with E-state index in [-0.39, 0.29) is 29.3 Å². The fourth-order valence-electron chi connectivity index (χ4n) is 2.11. The molecule has 0 amide bonds. The van der Waals surface area contributed by atoms with Crippen LogP contribution in [0.15, 0.2) is 23.1 Å². The van der Waals surface area contributed by atoms with Crippen LogP contribution in [0.5, 0.6) is 0 Å². The van der Waals surface area contributed by atoms with Gasteiger partial charge in [-0.25, -0.2) is 13.4 Å². The van der Waals surface area contributed by atoms with Crippen molar-refractivity contribution in [1.82, 2.24) is 9.55 Å². The van der Waals surface area contributed by atoms with Gasteiger partial charge in [-0.15, -0.1) is 0 Å². The van der Waals surface area contributed by atoms with Crippen molar-refractivity contribution in [2.75, 3.05) is 12.0 Å². The zero-order chi connectivity index (χ0) is 15.8. The van der Waals surface area contributed by atoms with Crippen molar-refractivity contribution in [1.29, 1.82) is 0 Å². The average molecular weight is 321 g/mol. The van der Waals surface area contributed by atoms with Gasteiger partial charge < -0.3 is 10.3 Å². The number of hydrogen-bond acceptors (Lipinski definition) is 4. The quantitative estimate of drug-likeness (QED) is 0.938. The Morgan fingerprint density at radius 2 is 2.00 bits per heavy atom. The first kappa shape index (κ1) is 15.6. The van der Waals surface area contributed by atoms with Crippen LogP contribution in [0.4, 0.5) is 19.1 Å². The lowest BCUT2D eigenvalue weighted by Gasteiger charge is -2.08. The smallest absolute Gasteiger partial charge is 0.369 e. The summed E-state index contributed by atoms with van der Waals surface area (Å²) in [6.45, 7) is 0.0229. The largest absolute Gasteiger partial charge is 0.389 e. The van der Waals surface area contributed by atoms with E-state index in [0.29, 0.717) is 5.52 Å². The van der Waals surface area contributed by atoms with E-state index in [2.05, 4.69) is 4.98 Å². The Morgan fingerprint density at radius 1 is 1.33 bits per heavy atom. The highest BCUT2D eigenvalue weighted by Gasteiger charge is 2.26. The molecular formula is C12H14F3N3O2S. The van der Waals surface area contributed by atoms with Gasteiger partial charge in [0.1, 0.15) is 5.52 Å². The highest BCUT2D eigenvalue weighted by Crippen LogP contribution is 2.27. The first-order valence-electron chi connectivity index (χ1n) is 6.11. The molecule has 0 aliphatic heterocycles. The Labute approximate surface area is 119 Å². The lowest BCUT2D eigenvalue weighted by atomic mass is 10.3. The maximum atomic E-state index is 12.2. The summed E-state index contributed by atoms with van der Waals surface area (Å²) >= 11 is 0. The number of halogens is 3. The number of nitrogens with two attached hydrogens (primary N) is 1. The monoisotopic (exact) mass is 321 g/mol. The summed E-state index contributed by atoms with van der Waals surface area (Å²) in [5.74, 6) is 0.00303. The maximum Gasteiger partial charge on any atom is 0.389 e. The van der Waals surface area contributed by atoms with E-state index in [1.54, 1.807) is 6.07 Å². The van der Waals surface area contributed by atoms with Gasteiger partial charge in [0.25, 0.3) is 0 Å². The van der Waals surface area contributed by atoms with E-state index in [0.717, 1.165) is 6.26 Å². The van der Waals surface area contributed by atoms with Gasteiger partial charge in [-0.1, -0.05) is 6.07 Å². The number of benzene rings is 1. The van der Waals surface area contributed by atoms with E-state index < -0.39 is 22.4 Å². The van der Waals surface area contributed by atoms with Crippen molar-refractivity contribution in [2.24, 2.45) is 0 Å². The van der Waals surface area contributed by atoms with Gasteiger partial charge in [0.05, 0.1) is 10.4 Å². The number of anilines is 1. The molecular weight excluding hydrogens is 307 g/mol. The molecule has 5 nitrogen and oxygen atoms in total. The summed E-state index contributed by atoms with van der Waals surface area (Å²) in [6.07, 6.45) is -4.27. The van der Waals surface area contributed by atoms with E-state index in [9.17, 15) is 21.6 Å². The number of rotatable bonds is 4. The van der Waals surface area contributed by atoms with Crippen LogP contribution in [0.1, 0.15) is 12.8 Å².